The molecule has 7 N–H and O–H groups in total. The van der Waals surface area contributed by atoms with Crippen LogP contribution in [-0.4, -0.2) is 73.7 Å². The van der Waals surface area contributed by atoms with Crippen LogP contribution in [0.5, 0.6) is 0 Å². The number of aliphatic hydroxyl groups excluding tert-OH is 6. The Kier molecular flexibility index (Phi) is 14.8. The Morgan fingerprint density at radius 1 is 0.714 bits per heavy atom. The fourth-order valence-electron chi connectivity index (χ4n) is 0.671. The fraction of sp³-hybridized carbons (Fsp3) is 1.00. The maximum atomic E-state index is 8.96. The van der Waals surface area contributed by atoms with Crippen LogP contribution >= 0.6 is 0 Å². The molecule has 0 heterocycles. The quantitative estimate of drug-likeness (QED) is 0.253. The standard InChI is InChI=1S/C6H14O6.Na.H2O/c7-1-3(9)5(11)6(12)4(10)2-8;;/h3-12H,1-2H2;;1H2/q;+1;/p-1. The van der Waals surface area contributed by atoms with Gasteiger partial charge in [0.25, 0.3) is 0 Å². The van der Waals surface area contributed by atoms with Gasteiger partial charge in [0.15, 0.2) is 0 Å². The zero-order chi connectivity index (χ0) is 9.72. The van der Waals surface area contributed by atoms with Crippen molar-refractivity contribution in [1.82, 2.24) is 0 Å². The topological polar surface area (TPSA) is 151 Å². The first-order valence-corrected chi connectivity index (χ1v) is 3.48. The van der Waals surface area contributed by atoms with Gasteiger partial charge < -0.3 is 36.1 Å². The summed E-state index contributed by atoms with van der Waals surface area (Å²) in [6.07, 6.45) is -6.39. The molecule has 0 aliphatic carbocycles. The van der Waals surface area contributed by atoms with Gasteiger partial charge in [-0.3, -0.25) is 0 Å². The van der Waals surface area contributed by atoms with Crippen LogP contribution in [0.4, 0.5) is 0 Å². The number of aliphatic hydroxyl groups is 6. The molecule has 0 spiro atoms. The smallest absolute Gasteiger partial charge is 0.870 e. The summed E-state index contributed by atoms with van der Waals surface area (Å²) in [7, 11) is 0. The third-order valence-electron chi connectivity index (χ3n) is 1.51. The maximum absolute atomic E-state index is 8.96. The summed E-state index contributed by atoms with van der Waals surface area (Å²) in [6.45, 7) is -1.45. The normalized spacial score (nSPS) is 18.4. The van der Waals surface area contributed by atoms with E-state index in [-0.39, 0.29) is 35.0 Å². The van der Waals surface area contributed by atoms with E-state index in [2.05, 4.69) is 0 Å². The Balaban J connectivity index is -0.000000605. The van der Waals surface area contributed by atoms with E-state index in [0.717, 1.165) is 0 Å². The second-order valence-corrected chi connectivity index (χ2v) is 2.48. The van der Waals surface area contributed by atoms with Crippen LogP contribution in [0.25, 0.3) is 0 Å². The van der Waals surface area contributed by atoms with Crippen molar-refractivity contribution in [3.05, 3.63) is 0 Å². The molecule has 7 nitrogen and oxygen atoms in total. The van der Waals surface area contributed by atoms with Crippen LogP contribution in [0.1, 0.15) is 0 Å². The largest absolute Gasteiger partial charge is 1.00 e. The van der Waals surface area contributed by atoms with E-state index in [9.17, 15) is 0 Å². The van der Waals surface area contributed by atoms with Gasteiger partial charge in [-0.15, -0.1) is 0 Å². The minimum absolute atomic E-state index is 0. The molecule has 4 atom stereocenters. The molecule has 0 bridgehead atoms. The summed E-state index contributed by atoms with van der Waals surface area (Å²) in [5.74, 6) is 0. The zero-order valence-corrected chi connectivity index (χ0v) is 9.85. The summed E-state index contributed by atoms with van der Waals surface area (Å²) in [6, 6.07) is 0. The molecule has 8 heteroatoms. The van der Waals surface area contributed by atoms with E-state index in [4.69, 9.17) is 30.6 Å². The molecule has 82 valence electrons. The number of hydrogen-bond donors (Lipinski definition) is 6. The predicted octanol–water partition coefficient (Wildman–Crippen LogP) is -6.76. The van der Waals surface area contributed by atoms with Crippen molar-refractivity contribution in [2.45, 2.75) is 24.4 Å². The van der Waals surface area contributed by atoms with E-state index >= 15 is 0 Å². The van der Waals surface area contributed by atoms with Gasteiger partial charge in [0.2, 0.25) is 0 Å². The van der Waals surface area contributed by atoms with Crippen LogP contribution in [-0.2, 0) is 0 Å². The molecule has 0 rings (SSSR count). The third-order valence-corrected chi connectivity index (χ3v) is 1.51. The van der Waals surface area contributed by atoms with Crippen molar-refractivity contribution in [3.63, 3.8) is 0 Å². The predicted molar refractivity (Wildman–Crippen MR) is 40.1 cm³/mol. The Bertz CT molecular complexity index is 111. The molecule has 0 fully saturated rings. The van der Waals surface area contributed by atoms with Crippen molar-refractivity contribution in [1.29, 1.82) is 0 Å². The van der Waals surface area contributed by atoms with Crippen molar-refractivity contribution < 1.29 is 65.7 Å². The van der Waals surface area contributed by atoms with Crippen LogP contribution in [0.15, 0.2) is 0 Å². The van der Waals surface area contributed by atoms with Gasteiger partial charge >= 0.3 is 29.6 Å². The van der Waals surface area contributed by atoms with Gasteiger partial charge in [0, 0.05) is 0 Å². The molecule has 0 aliphatic rings. The van der Waals surface area contributed by atoms with Gasteiger partial charge in [0.05, 0.1) is 13.2 Å². The Morgan fingerprint density at radius 3 is 1.07 bits per heavy atom. The van der Waals surface area contributed by atoms with Gasteiger partial charge in [-0.25, -0.2) is 0 Å². The molecule has 0 aromatic rings. The third kappa shape index (κ3) is 6.25. The summed E-state index contributed by atoms with van der Waals surface area (Å²) in [5, 5.41) is 52.2. The molecule has 0 saturated heterocycles. The van der Waals surface area contributed by atoms with Gasteiger partial charge in [-0.2, -0.15) is 0 Å². The molecule has 14 heavy (non-hydrogen) atoms. The van der Waals surface area contributed by atoms with Gasteiger partial charge in [-0.05, 0) is 0 Å². The summed E-state index contributed by atoms with van der Waals surface area (Å²) in [4.78, 5) is 0. The molecule has 0 aromatic carbocycles. The second-order valence-electron chi connectivity index (χ2n) is 2.48. The molecule has 0 radical (unpaired) electrons. The molecule has 0 aliphatic heterocycles. The average Bonchev–Trinajstić information content (AvgIpc) is 2.12. The zero-order valence-electron chi connectivity index (χ0n) is 7.85. The van der Waals surface area contributed by atoms with E-state index in [1.165, 1.54) is 0 Å². The van der Waals surface area contributed by atoms with Crippen molar-refractivity contribution >= 4 is 0 Å². The molecule has 0 aromatic heterocycles. The summed E-state index contributed by atoms with van der Waals surface area (Å²) >= 11 is 0. The van der Waals surface area contributed by atoms with Crippen molar-refractivity contribution in [2.24, 2.45) is 0 Å². The minimum atomic E-state index is -1.67. The van der Waals surface area contributed by atoms with Crippen LogP contribution in [0.2, 0.25) is 0 Å². The summed E-state index contributed by atoms with van der Waals surface area (Å²) in [5.41, 5.74) is 0. The minimum Gasteiger partial charge on any atom is -0.870 e. The average molecular weight is 222 g/mol. The Labute approximate surface area is 103 Å². The fourth-order valence-corrected chi connectivity index (χ4v) is 0.671. The first-order chi connectivity index (χ1) is 5.54. The van der Waals surface area contributed by atoms with Crippen LogP contribution < -0.4 is 29.6 Å². The van der Waals surface area contributed by atoms with Crippen molar-refractivity contribution in [2.75, 3.05) is 13.2 Å². The van der Waals surface area contributed by atoms with Gasteiger partial charge in [0.1, 0.15) is 24.4 Å². The van der Waals surface area contributed by atoms with Crippen LogP contribution in [0.3, 0.4) is 0 Å². The Hall–Kier alpha value is 0.720. The molecule has 0 amide bonds. The SMILES string of the molecule is OCC(O)C(O)C(O)C(O)CO.[Na+].[OH-]. The van der Waals surface area contributed by atoms with E-state index in [1.54, 1.807) is 0 Å². The summed E-state index contributed by atoms with van der Waals surface area (Å²) < 4.78 is 0. The molecular weight excluding hydrogens is 207 g/mol. The van der Waals surface area contributed by atoms with Gasteiger partial charge in [-0.1, -0.05) is 0 Å². The number of rotatable bonds is 5. The molecule has 4 unspecified atom stereocenters. The second kappa shape index (κ2) is 10.2. The van der Waals surface area contributed by atoms with E-state index < -0.39 is 37.6 Å². The Morgan fingerprint density at radius 2 is 0.929 bits per heavy atom. The van der Waals surface area contributed by atoms with E-state index in [1.807, 2.05) is 0 Å². The first kappa shape index (κ1) is 20.2. The number of hydrogen-bond acceptors (Lipinski definition) is 7. The van der Waals surface area contributed by atoms with Crippen molar-refractivity contribution in [3.8, 4) is 0 Å². The monoisotopic (exact) mass is 222 g/mol. The van der Waals surface area contributed by atoms with Crippen LogP contribution in [0, 0.1) is 0 Å². The molecular formula is C6H15NaO7. The first-order valence-electron chi connectivity index (χ1n) is 3.48. The maximum Gasteiger partial charge on any atom is 1.00 e. The molecule has 0 saturated carbocycles. The van der Waals surface area contributed by atoms with E-state index in [0.29, 0.717) is 0 Å².